The summed E-state index contributed by atoms with van der Waals surface area (Å²) in [4.78, 5) is 34.9. The van der Waals surface area contributed by atoms with Crippen LogP contribution in [-0.2, 0) is 16.1 Å². The van der Waals surface area contributed by atoms with E-state index in [0.29, 0.717) is 19.6 Å². The summed E-state index contributed by atoms with van der Waals surface area (Å²) in [5.74, 6) is 0.581. The molecular weight excluding hydrogens is 418 g/mol. The van der Waals surface area contributed by atoms with E-state index < -0.39 is 0 Å². The number of benzene rings is 2. The number of rotatable bonds is 5. The van der Waals surface area contributed by atoms with Gasteiger partial charge in [0.15, 0.2) is 5.13 Å². The number of anilines is 1. The lowest BCUT2D eigenvalue weighted by atomic mass is 9.95. The number of hydrogen-bond donors (Lipinski definition) is 0. The number of aromatic nitrogens is 1. The van der Waals surface area contributed by atoms with Crippen molar-refractivity contribution in [3.63, 3.8) is 0 Å². The monoisotopic (exact) mass is 447 g/mol. The summed E-state index contributed by atoms with van der Waals surface area (Å²) < 4.78 is 1.12. The molecule has 0 spiro atoms. The van der Waals surface area contributed by atoms with Gasteiger partial charge in [0.1, 0.15) is 0 Å². The van der Waals surface area contributed by atoms with Crippen molar-refractivity contribution in [1.29, 1.82) is 0 Å². The van der Waals surface area contributed by atoms with Gasteiger partial charge in [0.05, 0.1) is 16.8 Å². The Bertz CT molecular complexity index is 1140. The van der Waals surface area contributed by atoms with Crippen LogP contribution in [0.1, 0.15) is 42.4 Å². The number of nitrogens with zero attached hydrogens (tertiary/aromatic N) is 3. The number of hydrogen-bond acceptors (Lipinski definition) is 4. The maximum atomic E-state index is 13.7. The molecule has 0 bridgehead atoms. The second-order valence-electron chi connectivity index (χ2n) is 9.21. The van der Waals surface area contributed by atoms with Gasteiger partial charge in [-0.1, -0.05) is 47.7 Å². The Morgan fingerprint density at radius 2 is 1.75 bits per heavy atom. The van der Waals surface area contributed by atoms with Crippen LogP contribution in [0.25, 0.3) is 10.2 Å². The predicted molar refractivity (Wildman–Crippen MR) is 129 cm³/mol. The van der Waals surface area contributed by atoms with Crippen LogP contribution in [0.2, 0.25) is 0 Å². The number of fused-ring (bicyclic) bond motifs is 1. The summed E-state index contributed by atoms with van der Waals surface area (Å²) in [5, 5.41) is 0.763. The molecule has 0 N–H and O–H groups in total. The van der Waals surface area contributed by atoms with Gasteiger partial charge in [-0.05, 0) is 62.3 Å². The number of aryl methyl sites for hydroxylation is 2. The fourth-order valence-corrected chi connectivity index (χ4v) is 5.78. The van der Waals surface area contributed by atoms with Crippen LogP contribution in [0.5, 0.6) is 0 Å². The van der Waals surface area contributed by atoms with E-state index in [9.17, 15) is 9.59 Å². The minimum Gasteiger partial charge on any atom is -0.342 e. The highest BCUT2D eigenvalue weighted by Crippen LogP contribution is 2.35. The van der Waals surface area contributed by atoms with Crippen molar-refractivity contribution in [2.24, 2.45) is 11.8 Å². The van der Waals surface area contributed by atoms with Gasteiger partial charge in [-0.3, -0.25) is 14.5 Å². The molecule has 0 unspecified atom stereocenters. The molecule has 32 heavy (non-hydrogen) atoms. The zero-order chi connectivity index (χ0) is 22.2. The minimum atomic E-state index is -0.0724. The normalized spacial score (nSPS) is 17.0. The van der Waals surface area contributed by atoms with Gasteiger partial charge in [-0.25, -0.2) is 4.98 Å². The molecule has 1 aliphatic heterocycles. The molecule has 5 nitrogen and oxygen atoms in total. The Labute approximate surface area is 193 Å². The summed E-state index contributed by atoms with van der Waals surface area (Å²) in [6.07, 6.45) is 3.51. The van der Waals surface area contributed by atoms with Crippen LogP contribution in [0, 0.1) is 25.7 Å². The molecule has 1 aromatic heterocycles. The Kier molecular flexibility index (Phi) is 5.72. The molecule has 1 saturated heterocycles. The van der Waals surface area contributed by atoms with Gasteiger partial charge >= 0.3 is 0 Å². The van der Waals surface area contributed by atoms with Crippen molar-refractivity contribution in [2.75, 3.05) is 18.0 Å². The highest BCUT2D eigenvalue weighted by Gasteiger charge is 2.37. The Hall–Kier alpha value is -2.73. The Morgan fingerprint density at radius 3 is 2.44 bits per heavy atom. The maximum Gasteiger partial charge on any atom is 0.232 e. The second-order valence-corrected chi connectivity index (χ2v) is 10.2. The molecule has 2 aliphatic rings. The molecule has 0 radical (unpaired) electrons. The highest BCUT2D eigenvalue weighted by atomic mass is 32.1. The SMILES string of the molecule is Cc1cc(C)c2nc(N(Cc3ccccc3)C(=O)C3CCN(C(=O)C4CC4)CC3)sc2c1. The lowest BCUT2D eigenvalue weighted by molar-refractivity contribution is -0.136. The van der Waals surface area contributed by atoms with Crippen LogP contribution in [-0.4, -0.2) is 34.8 Å². The van der Waals surface area contributed by atoms with E-state index in [0.717, 1.165) is 52.2 Å². The highest BCUT2D eigenvalue weighted by molar-refractivity contribution is 7.22. The fraction of sp³-hybridized carbons (Fsp3) is 0.423. The molecule has 2 fully saturated rings. The number of thiazole rings is 1. The first-order valence-corrected chi connectivity index (χ1v) is 12.3. The number of piperidine rings is 1. The van der Waals surface area contributed by atoms with Crippen LogP contribution < -0.4 is 4.90 Å². The third-order valence-electron chi connectivity index (χ3n) is 6.58. The van der Waals surface area contributed by atoms with Gasteiger partial charge in [-0.15, -0.1) is 0 Å². The van der Waals surface area contributed by atoms with Gasteiger partial charge in [0.25, 0.3) is 0 Å². The molecule has 5 rings (SSSR count). The van der Waals surface area contributed by atoms with Crippen LogP contribution in [0.4, 0.5) is 5.13 Å². The van der Waals surface area contributed by atoms with E-state index in [1.165, 1.54) is 5.56 Å². The molecule has 2 aromatic carbocycles. The van der Waals surface area contributed by atoms with Gasteiger partial charge < -0.3 is 4.90 Å². The molecule has 1 saturated carbocycles. The first-order valence-electron chi connectivity index (χ1n) is 11.5. The zero-order valence-corrected chi connectivity index (χ0v) is 19.5. The average Bonchev–Trinajstić information content (AvgIpc) is 3.56. The first kappa shape index (κ1) is 21.1. The number of carbonyl (C=O) groups is 2. The lowest BCUT2D eigenvalue weighted by Crippen LogP contribution is -2.44. The van der Waals surface area contributed by atoms with E-state index in [-0.39, 0.29) is 23.7 Å². The van der Waals surface area contributed by atoms with E-state index in [2.05, 4.69) is 38.1 Å². The number of carbonyl (C=O) groups excluding carboxylic acids is 2. The Balaban J connectivity index is 1.40. The van der Waals surface area contributed by atoms with Crippen molar-refractivity contribution < 1.29 is 9.59 Å². The molecular formula is C26H29N3O2S. The van der Waals surface area contributed by atoms with Crippen molar-refractivity contribution in [3.05, 3.63) is 59.2 Å². The standard InChI is InChI=1S/C26H29N3O2S/c1-17-14-18(2)23-22(15-17)32-26(27-23)29(16-19-6-4-3-5-7-19)25(31)21-10-12-28(13-11-21)24(30)20-8-9-20/h3-7,14-15,20-21H,8-13,16H2,1-2H3. The summed E-state index contributed by atoms with van der Waals surface area (Å²) in [6, 6.07) is 14.4. The lowest BCUT2D eigenvalue weighted by Gasteiger charge is -2.33. The van der Waals surface area contributed by atoms with Gasteiger partial charge in [0, 0.05) is 24.9 Å². The quantitative estimate of drug-likeness (QED) is 0.547. The van der Waals surface area contributed by atoms with Crippen molar-refractivity contribution in [3.8, 4) is 0 Å². The average molecular weight is 448 g/mol. The zero-order valence-electron chi connectivity index (χ0n) is 18.7. The van der Waals surface area contributed by atoms with E-state index in [1.54, 1.807) is 11.3 Å². The summed E-state index contributed by atoms with van der Waals surface area (Å²) in [5.41, 5.74) is 4.42. The van der Waals surface area contributed by atoms with E-state index >= 15 is 0 Å². The molecule has 3 aromatic rings. The van der Waals surface area contributed by atoms with Gasteiger partial charge in [0.2, 0.25) is 11.8 Å². The third kappa shape index (κ3) is 4.29. The molecule has 1 aliphatic carbocycles. The van der Waals surface area contributed by atoms with Crippen LogP contribution in [0.3, 0.4) is 0 Å². The predicted octanol–water partition coefficient (Wildman–Crippen LogP) is 5.09. The first-order chi connectivity index (χ1) is 15.5. The fourth-order valence-electron chi connectivity index (χ4n) is 4.64. The summed E-state index contributed by atoms with van der Waals surface area (Å²) in [7, 11) is 0. The van der Waals surface area contributed by atoms with Gasteiger partial charge in [-0.2, -0.15) is 0 Å². The van der Waals surface area contributed by atoms with Crippen molar-refractivity contribution in [1.82, 2.24) is 9.88 Å². The minimum absolute atomic E-state index is 0.0724. The molecule has 6 heteroatoms. The maximum absolute atomic E-state index is 13.7. The third-order valence-corrected chi connectivity index (χ3v) is 7.61. The number of likely N-dealkylation sites (tertiary alicyclic amines) is 1. The smallest absolute Gasteiger partial charge is 0.232 e. The second kappa shape index (κ2) is 8.66. The molecule has 2 amide bonds. The Morgan fingerprint density at radius 1 is 1.03 bits per heavy atom. The largest absolute Gasteiger partial charge is 0.342 e. The molecule has 0 atom stereocenters. The van der Waals surface area contributed by atoms with Crippen LogP contribution >= 0.6 is 11.3 Å². The van der Waals surface area contributed by atoms with E-state index in [1.807, 2.05) is 28.0 Å². The summed E-state index contributed by atoms with van der Waals surface area (Å²) in [6.45, 7) is 6.05. The van der Waals surface area contributed by atoms with Crippen molar-refractivity contribution >= 4 is 38.5 Å². The number of amides is 2. The van der Waals surface area contributed by atoms with Crippen molar-refractivity contribution in [2.45, 2.75) is 46.1 Å². The summed E-state index contributed by atoms with van der Waals surface area (Å²) >= 11 is 1.59. The topological polar surface area (TPSA) is 53.5 Å². The van der Waals surface area contributed by atoms with E-state index in [4.69, 9.17) is 4.98 Å². The molecule has 166 valence electrons. The van der Waals surface area contributed by atoms with Crippen LogP contribution in [0.15, 0.2) is 42.5 Å². The molecule has 2 heterocycles.